The van der Waals surface area contributed by atoms with Crippen LogP contribution in [0.25, 0.3) is 84.4 Å². The topological polar surface area (TPSA) is 109 Å². The zero-order chi connectivity index (χ0) is 41.0. The molecule has 0 saturated carbocycles. The molecular weight excluding hydrogens is 823 g/mol. The fourth-order valence-corrected chi connectivity index (χ4v) is 8.04. The minimum absolute atomic E-state index is 0.490. The summed E-state index contributed by atoms with van der Waals surface area (Å²) in [6.45, 7) is 0. The highest BCUT2D eigenvalue weighted by atomic mass is 79.9. The molecule has 0 unspecified atom stereocenters. The van der Waals surface area contributed by atoms with Crippen LogP contribution in [0.1, 0.15) is 11.1 Å². The smallest absolute Gasteiger partial charge is 0.250 e. The van der Waals surface area contributed by atoms with Crippen molar-refractivity contribution in [3.8, 4) is 62.6 Å². The molecule has 0 N–H and O–H groups in total. The monoisotopic (exact) mass is 855 g/mol. The van der Waals surface area contributed by atoms with E-state index in [1.54, 1.807) is 0 Å². The maximum Gasteiger partial charge on any atom is 0.250 e. The number of fused-ring (bicyclic) bond motifs is 6. The molecule has 0 fully saturated rings. The van der Waals surface area contributed by atoms with Gasteiger partial charge in [0.25, 0.3) is 0 Å². The van der Waals surface area contributed by atoms with Gasteiger partial charge in [0.1, 0.15) is 0 Å². The number of rotatable bonds is 5. The lowest BCUT2D eigenvalue weighted by Crippen LogP contribution is -1.97. The molecule has 1 aliphatic rings. The van der Waals surface area contributed by atoms with Crippen molar-refractivity contribution in [1.82, 2.24) is 34.9 Å². The highest BCUT2D eigenvalue weighted by Gasteiger charge is 2.19. The first-order valence-corrected chi connectivity index (χ1v) is 20.5. The van der Waals surface area contributed by atoms with Gasteiger partial charge in [-0.25, -0.2) is 0 Å². The Bertz CT molecular complexity index is 3170. The summed E-state index contributed by atoms with van der Waals surface area (Å²) in [5.41, 5.74) is 12.2. The SMILES string of the molecule is Brc1ccccc1-c1nnc(-c2ccccc2)o1.c1ccc(-c2nnc(-c3ccccc3-n3c4ccccc4c4cnccc43)o2)cc1.c1ccc2c(c1)Cc1ccncc1-2. The van der Waals surface area contributed by atoms with Gasteiger partial charge in [0.2, 0.25) is 23.6 Å². The predicted molar refractivity (Wildman–Crippen MR) is 243 cm³/mol. The summed E-state index contributed by atoms with van der Waals surface area (Å²) in [6, 6.07) is 56.4. The van der Waals surface area contributed by atoms with E-state index in [-0.39, 0.29) is 0 Å². The maximum absolute atomic E-state index is 6.07. The number of benzene rings is 6. The molecule has 10 heteroatoms. The molecule has 11 aromatic rings. The van der Waals surface area contributed by atoms with Crippen molar-refractivity contribution in [2.75, 3.05) is 0 Å². The van der Waals surface area contributed by atoms with Gasteiger partial charge in [0, 0.05) is 56.7 Å². The molecule has 6 aromatic carbocycles. The Labute approximate surface area is 359 Å². The van der Waals surface area contributed by atoms with Gasteiger partial charge in [0.15, 0.2) is 0 Å². The number of pyridine rings is 2. The van der Waals surface area contributed by atoms with Gasteiger partial charge in [-0.2, -0.15) is 0 Å². The summed E-state index contributed by atoms with van der Waals surface area (Å²) in [5.74, 6) is 2.04. The summed E-state index contributed by atoms with van der Waals surface area (Å²) >= 11 is 3.47. The number of halogens is 1. The molecule has 0 atom stereocenters. The molecule has 12 rings (SSSR count). The molecular formula is C51H34BrN7O2. The Morgan fingerprint density at radius 2 is 0.934 bits per heavy atom. The second kappa shape index (κ2) is 16.8. The molecule has 0 spiro atoms. The Hall–Kier alpha value is -7.82. The zero-order valence-corrected chi connectivity index (χ0v) is 34.1. The van der Waals surface area contributed by atoms with Crippen LogP contribution in [-0.2, 0) is 6.42 Å². The number of para-hydroxylation sites is 2. The first-order valence-electron chi connectivity index (χ1n) is 19.7. The van der Waals surface area contributed by atoms with E-state index < -0.39 is 0 Å². The average molecular weight is 857 g/mol. The number of hydrogen-bond acceptors (Lipinski definition) is 8. The van der Waals surface area contributed by atoms with E-state index in [0.29, 0.717) is 23.6 Å². The maximum atomic E-state index is 6.07. The van der Waals surface area contributed by atoms with Crippen LogP contribution in [0, 0.1) is 0 Å². The third-order valence-corrected chi connectivity index (χ3v) is 11.1. The van der Waals surface area contributed by atoms with E-state index in [4.69, 9.17) is 8.83 Å². The third-order valence-electron chi connectivity index (χ3n) is 10.4. The minimum atomic E-state index is 0.490. The highest BCUT2D eigenvalue weighted by molar-refractivity contribution is 9.10. The molecule has 0 aliphatic heterocycles. The van der Waals surface area contributed by atoms with E-state index in [9.17, 15) is 0 Å². The number of aromatic nitrogens is 7. The van der Waals surface area contributed by atoms with Crippen molar-refractivity contribution < 1.29 is 8.83 Å². The van der Waals surface area contributed by atoms with Crippen LogP contribution >= 0.6 is 15.9 Å². The molecule has 1 aliphatic carbocycles. The second-order valence-corrected chi connectivity index (χ2v) is 15.0. The average Bonchev–Trinajstić information content (AvgIpc) is 4.15. The second-order valence-electron chi connectivity index (χ2n) is 14.2. The molecule has 9 nitrogen and oxygen atoms in total. The van der Waals surface area contributed by atoms with Crippen molar-refractivity contribution in [1.29, 1.82) is 0 Å². The van der Waals surface area contributed by atoms with E-state index in [0.717, 1.165) is 60.6 Å². The van der Waals surface area contributed by atoms with Gasteiger partial charge in [0.05, 0.1) is 27.8 Å². The van der Waals surface area contributed by atoms with Crippen LogP contribution in [0.4, 0.5) is 0 Å². The molecule has 0 bridgehead atoms. The van der Waals surface area contributed by atoms with Crippen molar-refractivity contribution >= 4 is 37.7 Å². The van der Waals surface area contributed by atoms with Gasteiger partial charge in [-0.15, -0.1) is 20.4 Å². The lowest BCUT2D eigenvalue weighted by atomic mass is 10.1. The van der Waals surface area contributed by atoms with Gasteiger partial charge in [-0.3, -0.25) is 9.97 Å². The molecule has 5 aromatic heterocycles. The quantitative estimate of drug-likeness (QED) is 0.168. The van der Waals surface area contributed by atoms with Gasteiger partial charge >= 0.3 is 0 Å². The molecule has 0 radical (unpaired) electrons. The fourth-order valence-electron chi connectivity index (χ4n) is 7.58. The summed E-state index contributed by atoms with van der Waals surface area (Å²) in [5, 5.41) is 19.0. The van der Waals surface area contributed by atoms with Crippen LogP contribution in [0.2, 0.25) is 0 Å². The predicted octanol–water partition coefficient (Wildman–Crippen LogP) is 12.7. The fraction of sp³-hybridized carbons (Fsp3) is 0.0196. The van der Waals surface area contributed by atoms with Crippen LogP contribution < -0.4 is 0 Å². The normalized spacial score (nSPS) is 11.3. The Morgan fingerprint density at radius 1 is 0.410 bits per heavy atom. The largest absolute Gasteiger partial charge is 0.416 e. The third kappa shape index (κ3) is 7.52. The lowest BCUT2D eigenvalue weighted by Gasteiger charge is -2.11. The van der Waals surface area contributed by atoms with Crippen LogP contribution in [-0.4, -0.2) is 34.9 Å². The van der Waals surface area contributed by atoms with Gasteiger partial charge < -0.3 is 13.4 Å². The molecule has 61 heavy (non-hydrogen) atoms. The summed E-state index contributed by atoms with van der Waals surface area (Å²) in [4.78, 5) is 8.49. The lowest BCUT2D eigenvalue weighted by molar-refractivity contribution is 0.584. The Kier molecular flexibility index (Phi) is 10.3. The van der Waals surface area contributed by atoms with Crippen LogP contribution in [0.15, 0.2) is 208 Å². The van der Waals surface area contributed by atoms with Gasteiger partial charge in [-0.1, -0.05) is 103 Å². The van der Waals surface area contributed by atoms with Crippen molar-refractivity contribution in [3.05, 3.63) is 210 Å². The van der Waals surface area contributed by atoms with Crippen molar-refractivity contribution in [3.63, 3.8) is 0 Å². The summed E-state index contributed by atoms with van der Waals surface area (Å²) < 4.78 is 14.9. The number of nitrogens with zero attached hydrogens (tertiary/aromatic N) is 7. The standard InChI is InChI=1S/C25H16N4O.C14H9BrN2O.C12H9N/c1-2-8-17(9-3-1)24-27-28-25(30-24)19-11-5-7-13-22(19)29-21-12-6-4-10-18(21)20-16-26-15-14-23(20)29;15-12-9-5-4-8-11(12)14-17-16-13(18-14)10-6-2-1-3-7-10;1-2-4-11-9(3-1)7-10-5-6-13-8-12(10)11/h1-16H;1-9H;1-6,8H,7H2. The highest BCUT2D eigenvalue weighted by Crippen LogP contribution is 2.37. The van der Waals surface area contributed by atoms with E-state index >= 15 is 0 Å². The number of hydrogen-bond donors (Lipinski definition) is 0. The zero-order valence-electron chi connectivity index (χ0n) is 32.5. The van der Waals surface area contributed by atoms with E-state index in [2.05, 4.69) is 105 Å². The van der Waals surface area contributed by atoms with Crippen molar-refractivity contribution in [2.45, 2.75) is 6.42 Å². The van der Waals surface area contributed by atoms with E-state index in [1.165, 1.54) is 22.3 Å². The van der Waals surface area contributed by atoms with Gasteiger partial charge in [-0.05, 0) is 106 Å². The molecule has 0 saturated heterocycles. The Morgan fingerprint density at radius 3 is 1.67 bits per heavy atom. The first kappa shape index (κ1) is 37.5. The van der Waals surface area contributed by atoms with Crippen molar-refractivity contribution in [2.24, 2.45) is 0 Å². The minimum Gasteiger partial charge on any atom is -0.416 e. The molecule has 0 amide bonds. The Balaban J connectivity index is 0.000000121. The molecule has 292 valence electrons. The molecule has 5 heterocycles. The van der Waals surface area contributed by atoms with E-state index in [1.807, 2.05) is 140 Å². The summed E-state index contributed by atoms with van der Waals surface area (Å²) in [6.07, 6.45) is 8.62. The first-order chi connectivity index (χ1) is 30.2. The van der Waals surface area contributed by atoms with Crippen LogP contribution in [0.5, 0.6) is 0 Å². The summed E-state index contributed by atoms with van der Waals surface area (Å²) in [7, 11) is 0. The van der Waals surface area contributed by atoms with Crippen LogP contribution in [0.3, 0.4) is 0 Å².